The summed E-state index contributed by atoms with van der Waals surface area (Å²) < 4.78 is 47.3. The minimum atomic E-state index is -4.23. The van der Waals surface area contributed by atoms with Gasteiger partial charge in [0.25, 0.3) is 0 Å². The van der Waals surface area contributed by atoms with Gasteiger partial charge in [-0.1, -0.05) is 0 Å². The van der Waals surface area contributed by atoms with E-state index in [4.69, 9.17) is 10.7 Å². The summed E-state index contributed by atoms with van der Waals surface area (Å²) in [7, 11) is -3.27. The highest BCUT2D eigenvalue weighted by atomic mass is 35.7. The first-order chi connectivity index (χ1) is 9.37. The highest BCUT2D eigenvalue weighted by Gasteiger charge is 2.36. The molecule has 21 heavy (non-hydrogen) atoms. The largest absolute Gasteiger partial charge is 0.328 e. The fraction of sp³-hybridized carbons (Fsp3) is 0.667. The van der Waals surface area contributed by atoms with Crippen LogP contribution in [0, 0.1) is 17.0 Å². The third-order valence-electron chi connectivity index (χ3n) is 2.57. The van der Waals surface area contributed by atoms with Crippen LogP contribution >= 0.6 is 10.7 Å². The molecule has 0 unspecified atom stereocenters. The standard InChI is InChI=1S/C9H14ClN3O6S2/c1-6(2)12-9(8(13(14)15)7(3)11-12)20(16,17)4-5-21(10,18)19/h6H,4-5H2,1-3H3. The third-order valence-corrected chi connectivity index (χ3v) is 5.70. The molecule has 1 aromatic heterocycles. The SMILES string of the molecule is Cc1nn(C(C)C)c(S(=O)(=O)CCS(=O)(=O)Cl)c1[N+](=O)[O-]. The molecule has 12 heteroatoms. The molecule has 0 N–H and O–H groups in total. The second-order valence-electron chi connectivity index (χ2n) is 4.60. The molecule has 0 aliphatic heterocycles. The van der Waals surface area contributed by atoms with Crippen molar-refractivity contribution in [3.8, 4) is 0 Å². The fourth-order valence-electron chi connectivity index (χ4n) is 1.67. The average molecular weight is 360 g/mol. The zero-order valence-corrected chi connectivity index (χ0v) is 13.9. The topological polar surface area (TPSA) is 129 Å². The van der Waals surface area contributed by atoms with E-state index >= 15 is 0 Å². The molecule has 1 rings (SSSR count). The summed E-state index contributed by atoms with van der Waals surface area (Å²) in [6, 6.07) is -0.449. The number of aryl methyl sites for hydroxylation is 1. The van der Waals surface area contributed by atoms with E-state index in [1.165, 1.54) is 6.92 Å². The van der Waals surface area contributed by atoms with Crippen LogP contribution in [0.4, 0.5) is 5.69 Å². The van der Waals surface area contributed by atoms with Gasteiger partial charge in [-0.3, -0.25) is 10.1 Å². The Labute approximate surface area is 126 Å². The van der Waals surface area contributed by atoms with Crippen LogP contribution < -0.4 is 0 Å². The highest BCUT2D eigenvalue weighted by molar-refractivity contribution is 8.14. The van der Waals surface area contributed by atoms with Gasteiger partial charge in [-0.2, -0.15) is 5.10 Å². The van der Waals surface area contributed by atoms with Crippen molar-refractivity contribution in [1.29, 1.82) is 0 Å². The summed E-state index contributed by atoms with van der Waals surface area (Å²) in [6.07, 6.45) is 0. The minimum Gasteiger partial charge on any atom is -0.258 e. The lowest BCUT2D eigenvalue weighted by Gasteiger charge is -2.10. The van der Waals surface area contributed by atoms with Gasteiger partial charge in [0.1, 0.15) is 5.69 Å². The molecular formula is C9H14ClN3O6S2. The first kappa shape index (κ1) is 17.9. The van der Waals surface area contributed by atoms with Crippen LogP contribution in [0.1, 0.15) is 25.6 Å². The Morgan fingerprint density at radius 3 is 2.19 bits per heavy atom. The van der Waals surface area contributed by atoms with Crippen LogP contribution in [0.3, 0.4) is 0 Å². The number of hydrogen-bond acceptors (Lipinski definition) is 7. The molecule has 0 saturated carbocycles. The molecule has 0 bridgehead atoms. The minimum absolute atomic E-state index is 0.0546. The number of nitro groups is 1. The van der Waals surface area contributed by atoms with E-state index in [0.29, 0.717) is 0 Å². The molecule has 1 heterocycles. The molecular weight excluding hydrogens is 346 g/mol. The van der Waals surface area contributed by atoms with Crippen molar-refractivity contribution in [3.63, 3.8) is 0 Å². The number of hydrogen-bond donors (Lipinski definition) is 0. The van der Waals surface area contributed by atoms with Crippen LogP contribution in [0.2, 0.25) is 0 Å². The van der Waals surface area contributed by atoms with E-state index < -0.39 is 52.1 Å². The van der Waals surface area contributed by atoms with Gasteiger partial charge in [-0.15, -0.1) is 0 Å². The summed E-state index contributed by atoms with van der Waals surface area (Å²) in [5.74, 6) is -1.69. The van der Waals surface area contributed by atoms with Gasteiger partial charge in [0, 0.05) is 16.7 Å². The van der Waals surface area contributed by atoms with Crippen molar-refractivity contribution < 1.29 is 21.8 Å². The van der Waals surface area contributed by atoms with Crippen LogP contribution in [0.25, 0.3) is 0 Å². The maximum absolute atomic E-state index is 12.3. The van der Waals surface area contributed by atoms with Crippen LogP contribution in [-0.2, 0) is 18.9 Å². The van der Waals surface area contributed by atoms with Gasteiger partial charge in [0.15, 0.2) is 0 Å². The van der Waals surface area contributed by atoms with Gasteiger partial charge in [-0.05, 0) is 20.8 Å². The molecule has 0 amide bonds. The first-order valence-electron chi connectivity index (χ1n) is 5.75. The molecule has 0 atom stereocenters. The van der Waals surface area contributed by atoms with Gasteiger partial charge >= 0.3 is 5.69 Å². The molecule has 0 saturated heterocycles. The number of rotatable bonds is 6. The average Bonchev–Trinajstić information content (AvgIpc) is 2.64. The Bertz CT molecular complexity index is 766. The van der Waals surface area contributed by atoms with E-state index in [1.807, 2.05) is 0 Å². The zero-order valence-electron chi connectivity index (χ0n) is 11.5. The van der Waals surface area contributed by atoms with Crippen LogP contribution in [0.15, 0.2) is 5.03 Å². The quantitative estimate of drug-likeness (QED) is 0.421. The molecule has 0 fully saturated rings. The predicted octanol–water partition coefficient (Wildman–Crippen LogP) is 1.02. The monoisotopic (exact) mass is 359 g/mol. The summed E-state index contributed by atoms with van der Waals surface area (Å²) in [4.78, 5) is 10.2. The lowest BCUT2D eigenvalue weighted by atomic mass is 10.4. The molecule has 1 aromatic rings. The van der Waals surface area contributed by atoms with Crippen molar-refractivity contribution in [1.82, 2.24) is 9.78 Å². The molecule has 0 radical (unpaired) electrons. The van der Waals surface area contributed by atoms with E-state index in [2.05, 4.69) is 5.10 Å². The summed E-state index contributed by atoms with van der Waals surface area (Å²) >= 11 is 0. The van der Waals surface area contributed by atoms with Crippen molar-refractivity contribution in [2.75, 3.05) is 11.5 Å². The summed E-state index contributed by atoms with van der Waals surface area (Å²) in [5, 5.41) is 14.3. The smallest absolute Gasteiger partial charge is 0.258 e. The Balaban J connectivity index is 3.49. The van der Waals surface area contributed by atoms with Crippen LogP contribution in [0.5, 0.6) is 0 Å². The maximum Gasteiger partial charge on any atom is 0.328 e. The molecule has 120 valence electrons. The number of halogens is 1. The Kier molecular flexibility index (Phi) is 5.01. The zero-order chi connectivity index (χ0) is 16.6. The van der Waals surface area contributed by atoms with Gasteiger partial charge in [0.2, 0.25) is 23.9 Å². The fourth-order valence-corrected chi connectivity index (χ4v) is 5.16. The lowest BCUT2D eigenvalue weighted by Crippen LogP contribution is -2.20. The van der Waals surface area contributed by atoms with Gasteiger partial charge in [-0.25, -0.2) is 21.5 Å². The van der Waals surface area contributed by atoms with Gasteiger partial charge < -0.3 is 0 Å². The maximum atomic E-state index is 12.3. The number of aromatic nitrogens is 2. The molecule has 0 spiro atoms. The van der Waals surface area contributed by atoms with E-state index in [-0.39, 0.29) is 5.69 Å². The van der Waals surface area contributed by atoms with E-state index in [1.54, 1.807) is 13.8 Å². The van der Waals surface area contributed by atoms with E-state index in [0.717, 1.165) is 4.68 Å². The normalized spacial score (nSPS) is 12.8. The second-order valence-corrected chi connectivity index (χ2v) is 9.52. The van der Waals surface area contributed by atoms with E-state index in [9.17, 15) is 26.9 Å². The summed E-state index contributed by atoms with van der Waals surface area (Å²) in [6.45, 7) is 4.52. The van der Waals surface area contributed by atoms with Crippen molar-refractivity contribution in [2.24, 2.45) is 0 Å². The number of nitrogens with zero attached hydrogens (tertiary/aromatic N) is 3. The number of sulfone groups is 1. The molecule has 0 aliphatic carbocycles. The lowest BCUT2D eigenvalue weighted by molar-refractivity contribution is -0.388. The molecule has 9 nitrogen and oxygen atoms in total. The summed E-state index contributed by atoms with van der Waals surface area (Å²) in [5.41, 5.74) is -0.698. The molecule has 0 aromatic carbocycles. The van der Waals surface area contributed by atoms with Crippen molar-refractivity contribution >= 4 is 35.3 Å². The second kappa shape index (κ2) is 5.89. The Morgan fingerprint density at radius 1 is 1.29 bits per heavy atom. The van der Waals surface area contributed by atoms with Crippen LogP contribution in [-0.4, -0.2) is 43.0 Å². The predicted molar refractivity (Wildman–Crippen MR) is 75.7 cm³/mol. The first-order valence-corrected chi connectivity index (χ1v) is 9.88. The van der Waals surface area contributed by atoms with Crippen molar-refractivity contribution in [2.45, 2.75) is 31.8 Å². The van der Waals surface area contributed by atoms with Gasteiger partial charge in [0.05, 0.1) is 16.4 Å². The third kappa shape index (κ3) is 4.14. The Hall–Kier alpha value is -1.20. The highest BCUT2D eigenvalue weighted by Crippen LogP contribution is 2.30. The molecule has 0 aliphatic rings. The Morgan fingerprint density at radius 2 is 1.81 bits per heavy atom. The van der Waals surface area contributed by atoms with Crippen molar-refractivity contribution in [3.05, 3.63) is 15.8 Å².